The van der Waals surface area contributed by atoms with Gasteiger partial charge in [0, 0.05) is 57.6 Å². The van der Waals surface area contributed by atoms with Gasteiger partial charge in [0.15, 0.2) is 10.4 Å². The van der Waals surface area contributed by atoms with Gasteiger partial charge in [-0.3, -0.25) is 9.69 Å². The van der Waals surface area contributed by atoms with E-state index in [9.17, 15) is 4.79 Å². The molecule has 1 fully saturated rings. The number of rotatable bonds is 5. The zero-order chi connectivity index (χ0) is 17.1. The van der Waals surface area contributed by atoms with Gasteiger partial charge < -0.3 is 13.9 Å². The lowest BCUT2D eigenvalue weighted by molar-refractivity contribution is 0.0601. The van der Waals surface area contributed by atoms with Crippen molar-refractivity contribution in [1.29, 1.82) is 0 Å². The fourth-order valence-electron chi connectivity index (χ4n) is 3.02. The molecule has 1 saturated heterocycles. The van der Waals surface area contributed by atoms with E-state index in [0.29, 0.717) is 16.3 Å². The Kier molecular flexibility index (Phi) is 5.40. The molecule has 2 aromatic heterocycles. The Bertz CT molecular complexity index is 686. The third-order valence-electron chi connectivity index (χ3n) is 4.36. The number of furan rings is 1. The monoisotopic (exact) mass is 394 g/mol. The minimum atomic E-state index is -0.0305. The van der Waals surface area contributed by atoms with Gasteiger partial charge in [-0.25, -0.2) is 4.98 Å². The second-order valence-corrected chi connectivity index (χ2v) is 7.15. The summed E-state index contributed by atoms with van der Waals surface area (Å²) in [6.45, 7) is 9.48. The van der Waals surface area contributed by atoms with Crippen LogP contribution < -0.4 is 0 Å². The fourth-order valence-corrected chi connectivity index (χ4v) is 3.33. The number of hydrogen-bond acceptors (Lipinski definition) is 4. The molecule has 0 radical (unpaired) electrons. The van der Waals surface area contributed by atoms with Gasteiger partial charge in [0.1, 0.15) is 5.82 Å². The molecule has 6 nitrogen and oxygen atoms in total. The van der Waals surface area contributed by atoms with Crippen LogP contribution in [0, 0.1) is 0 Å². The highest BCUT2D eigenvalue weighted by atomic mass is 79.9. The molecule has 0 saturated carbocycles. The van der Waals surface area contributed by atoms with Crippen molar-refractivity contribution in [2.45, 2.75) is 26.3 Å². The maximum absolute atomic E-state index is 12.4. The van der Waals surface area contributed by atoms with Gasteiger partial charge in [0.25, 0.3) is 5.91 Å². The minimum Gasteiger partial charge on any atom is -0.444 e. The van der Waals surface area contributed by atoms with Crippen molar-refractivity contribution in [2.24, 2.45) is 0 Å². The molecule has 1 aliphatic rings. The number of nitrogens with zero attached hydrogens (tertiary/aromatic N) is 4. The van der Waals surface area contributed by atoms with Gasteiger partial charge in [0.2, 0.25) is 0 Å². The van der Waals surface area contributed by atoms with Crippen molar-refractivity contribution >= 4 is 21.8 Å². The van der Waals surface area contributed by atoms with E-state index in [2.05, 4.69) is 44.2 Å². The average Bonchev–Trinajstić information content (AvgIpc) is 3.21. The first-order valence-electron chi connectivity index (χ1n) is 8.32. The Morgan fingerprint density at radius 1 is 1.25 bits per heavy atom. The zero-order valence-electron chi connectivity index (χ0n) is 14.1. The van der Waals surface area contributed by atoms with E-state index in [-0.39, 0.29) is 5.91 Å². The maximum atomic E-state index is 12.4. The first-order chi connectivity index (χ1) is 11.5. The molecule has 1 amide bonds. The van der Waals surface area contributed by atoms with E-state index in [4.69, 9.17) is 4.42 Å². The maximum Gasteiger partial charge on any atom is 0.289 e. The van der Waals surface area contributed by atoms with E-state index in [0.717, 1.165) is 45.1 Å². The quantitative estimate of drug-likeness (QED) is 0.782. The fraction of sp³-hybridized carbons (Fsp3) is 0.529. The van der Waals surface area contributed by atoms with Crippen LogP contribution in [-0.2, 0) is 6.54 Å². The normalized spacial score (nSPS) is 16.1. The minimum absolute atomic E-state index is 0.0305. The molecule has 0 N–H and O–H groups in total. The summed E-state index contributed by atoms with van der Waals surface area (Å²) in [4.78, 5) is 21.0. The van der Waals surface area contributed by atoms with Crippen LogP contribution in [-0.4, -0.2) is 58.0 Å². The van der Waals surface area contributed by atoms with Crippen molar-refractivity contribution in [2.75, 3.05) is 32.7 Å². The summed E-state index contributed by atoms with van der Waals surface area (Å²) < 4.78 is 8.17. The van der Waals surface area contributed by atoms with E-state index in [1.807, 2.05) is 17.3 Å². The van der Waals surface area contributed by atoms with E-state index in [1.165, 1.54) is 0 Å². The van der Waals surface area contributed by atoms with Crippen molar-refractivity contribution in [3.8, 4) is 0 Å². The van der Waals surface area contributed by atoms with Crippen molar-refractivity contribution in [1.82, 2.24) is 19.4 Å². The topological polar surface area (TPSA) is 54.5 Å². The van der Waals surface area contributed by atoms with Crippen molar-refractivity contribution < 1.29 is 9.21 Å². The number of carbonyl (C=O) groups is 1. The summed E-state index contributed by atoms with van der Waals surface area (Å²) in [5, 5.41) is 0. The van der Waals surface area contributed by atoms with Crippen LogP contribution in [0.5, 0.6) is 0 Å². The van der Waals surface area contributed by atoms with E-state index in [1.54, 1.807) is 12.1 Å². The standard InChI is InChI=1S/C17H23BrN4O2/c1-13(2)16-19-5-6-21(16)10-7-20-8-11-22(12-9-20)17(23)14-3-4-15(18)24-14/h3-6,13H,7-12H2,1-2H3. The summed E-state index contributed by atoms with van der Waals surface area (Å²) >= 11 is 3.24. The molecule has 0 spiro atoms. The van der Waals surface area contributed by atoms with Crippen LogP contribution in [0.25, 0.3) is 0 Å². The van der Waals surface area contributed by atoms with Crippen molar-refractivity contribution in [3.05, 3.63) is 40.8 Å². The number of aromatic nitrogens is 2. The summed E-state index contributed by atoms with van der Waals surface area (Å²) in [6.07, 6.45) is 3.91. The molecule has 0 unspecified atom stereocenters. The molecule has 0 bridgehead atoms. The molecule has 0 aliphatic carbocycles. The van der Waals surface area contributed by atoms with E-state index >= 15 is 0 Å². The van der Waals surface area contributed by atoms with Gasteiger partial charge in [0.05, 0.1) is 0 Å². The van der Waals surface area contributed by atoms with Crippen molar-refractivity contribution in [3.63, 3.8) is 0 Å². The lowest BCUT2D eigenvalue weighted by atomic mass is 10.2. The molecule has 0 aromatic carbocycles. The Morgan fingerprint density at radius 3 is 2.62 bits per heavy atom. The predicted octanol–water partition coefficient (Wildman–Crippen LogP) is 2.82. The van der Waals surface area contributed by atoms with Crippen LogP contribution in [0.3, 0.4) is 0 Å². The highest BCUT2D eigenvalue weighted by Crippen LogP contribution is 2.17. The number of halogens is 1. The number of carbonyl (C=O) groups excluding carboxylic acids is 1. The summed E-state index contributed by atoms with van der Waals surface area (Å²) in [5.41, 5.74) is 0. The zero-order valence-corrected chi connectivity index (χ0v) is 15.7. The molecule has 3 rings (SSSR count). The third kappa shape index (κ3) is 3.89. The SMILES string of the molecule is CC(C)c1nccn1CCN1CCN(C(=O)c2ccc(Br)o2)CC1. The van der Waals surface area contributed by atoms with Crippen LogP contribution in [0.4, 0.5) is 0 Å². The second kappa shape index (κ2) is 7.53. The van der Waals surface area contributed by atoms with Crippen LogP contribution in [0.1, 0.15) is 36.1 Å². The highest BCUT2D eigenvalue weighted by molar-refractivity contribution is 9.10. The third-order valence-corrected chi connectivity index (χ3v) is 4.79. The molecule has 130 valence electrons. The molecular formula is C17H23BrN4O2. The molecule has 2 aromatic rings. The van der Waals surface area contributed by atoms with Gasteiger partial charge in [-0.1, -0.05) is 13.8 Å². The molecule has 24 heavy (non-hydrogen) atoms. The molecule has 7 heteroatoms. The number of hydrogen-bond donors (Lipinski definition) is 0. The molecule has 1 aliphatic heterocycles. The second-order valence-electron chi connectivity index (χ2n) is 6.37. The summed E-state index contributed by atoms with van der Waals surface area (Å²) in [7, 11) is 0. The number of amides is 1. The van der Waals surface area contributed by atoms with Crippen LogP contribution >= 0.6 is 15.9 Å². The first-order valence-corrected chi connectivity index (χ1v) is 9.12. The van der Waals surface area contributed by atoms with Crippen LogP contribution in [0.15, 0.2) is 33.6 Å². The van der Waals surface area contributed by atoms with Crippen LogP contribution in [0.2, 0.25) is 0 Å². The Hall–Kier alpha value is -1.60. The summed E-state index contributed by atoms with van der Waals surface area (Å²) in [5.74, 6) is 1.93. The summed E-state index contributed by atoms with van der Waals surface area (Å²) in [6, 6.07) is 3.46. The predicted molar refractivity (Wildman–Crippen MR) is 95.1 cm³/mol. The lowest BCUT2D eigenvalue weighted by Crippen LogP contribution is -2.49. The van der Waals surface area contributed by atoms with Gasteiger partial charge in [-0.15, -0.1) is 0 Å². The Balaban J connectivity index is 1.48. The Morgan fingerprint density at radius 2 is 2.00 bits per heavy atom. The largest absolute Gasteiger partial charge is 0.444 e. The number of piperazine rings is 1. The van der Waals surface area contributed by atoms with Gasteiger partial charge in [-0.2, -0.15) is 0 Å². The highest BCUT2D eigenvalue weighted by Gasteiger charge is 2.24. The lowest BCUT2D eigenvalue weighted by Gasteiger charge is -2.34. The molecular weight excluding hydrogens is 372 g/mol. The molecule has 0 atom stereocenters. The first kappa shape index (κ1) is 17.2. The molecule has 3 heterocycles. The average molecular weight is 395 g/mol. The van der Waals surface area contributed by atoms with E-state index < -0.39 is 0 Å². The smallest absolute Gasteiger partial charge is 0.289 e. The Labute approximate surface area is 150 Å². The van der Waals surface area contributed by atoms with Gasteiger partial charge in [-0.05, 0) is 28.1 Å². The van der Waals surface area contributed by atoms with Gasteiger partial charge >= 0.3 is 0 Å². The number of imidazole rings is 1.